The Kier molecular flexibility index (Phi) is 3.72. The number of halogens is 1. The monoisotopic (exact) mass is 252 g/mol. The number of hydrogen-bond donors (Lipinski definition) is 1. The molecule has 2 rings (SSSR count). The summed E-state index contributed by atoms with van der Waals surface area (Å²) in [5, 5.41) is 4.44. The van der Waals surface area contributed by atoms with Gasteiger partial charge in [-0.05, 0) is 31.0 Å². The van der Waals surface area contributed by atoms with E-state index in [0.717, 1.165) is 22.9 Å². The predicted molar refractivity (Wildman–Crippen MR) is 71.8 cm³/mol. The zero-order valence-corrected chi connectivity index (χ0v) is 11.0. The second-order valence-corrected chi connectivity index (χ2v) is 5.54. The largest absolute Gasteiger partial charge is 0.359 e. The Morgan fingerprint density at radius 2 is 2.12 bits per heavy atom. The third-order valence-corrected chi connectivity index (χ3v) is 4.32. The molecule has 1 saturated heterocycles. The van der Waals surface area contributed by atoms with E-state index >= 15 is 0 Å². The van der Waals surface area contributed by atoms with Crippen LogP contribution < -0.4 is 5.32 Å². The Morgan fingerprint density at radius 1 is 1.41 bits per heavy atom. The van der Waals surface area contributed by atoms with Crippen LogP contribution in [0, 0.1) is 5.82 Å². The minimum absolute atomic E-state index is 0.173. The third kappa shape index (κ3) is 3.22. The molecule has 4 heteroatoms. The summed E-state index contributed by atoms with van der Waals surface area (Å²) in [6.45, 7) is 4.99. The molecule has 1 atom stereocenters. The Labute approximate surface area is 106 Å². The van der Waals surface area contributed by atoms with Crippen molar-refractivity contribution in [1.29, 1.82) is 0 Å². The van der Waals surface area contributed by atoms with Gasteiger partial charge in [-0.25, -0.2) is 4.39 Å². The summed E-state index contributed by atoms with van der Waals surface area (Å²) >= 11 is 1.76. The van der Waals surface area contributed by atoms with Crippen LogP contribution in [0.4, 0.5) is 4.39 Å². The number of nitrogens with one attached hydrogen (secondary N) is 1. The number of hydrogen-bond acceptors (Lipinski definition) is 2. The molecule has 17 heavy (non-hydrogen) atoms. The number of benzene rings is 1. The van der Waals surface area contributed by atoms with Gasteiger partial charge in [0.25, 0.3) is 0 Å². The van der Waals surface area contributed by atoms with Crippen LogP contribution >= 0.6 is 11.8 Å². The van der Waals surface area contributed by atoms with Crippen LogP contribution in [0.25, 0.3) is 0 Å². The van der Waals surface area contributed by atoms with Crippen molar-refractivity contribution in [2.45, 2.75) is 32.4 Å². The lowest BCUT2D eigenvalue weighted by molar-refractivity contribution is 0.466. The van der Waals surface area contributed by atoms with E-state index in [1.54, 1.807) is 23.9 Å². The van der Waals surface area contributed by atoms with Gasteiger partial charge in [-0.15, -0.1) is 0 Å². The summed E-state index contributed by atoms with van der Waals surface area (Å²) in [6.07, 6.45) is 1.09. The Balaban J connectivity index is 1.96. The summed E-state index contributed by atoms with van der Waals surface area (Å²) in [6, 6.07) is 6.50. The van der Waals surface area contributed by atoms with Crippen LogP contribution in [-0.4, -0.2) is 16.5 Å². The van der Waals surface area contributed by atoms with Crippen LogP contribution in [0.15, 0.2) is 29.3 Å². The lowest BCUT2D eigenvalue weighted by Gasteiger charge is -2.20. The fourth-order valence-electron chi connectivity index (χ4n) is 1.59. The van der Waals surface area contributed by atoms with E-state index in [1.165, 1.54) is 12.1 Å². The van der Waals surface area contributed by atoms with E-state index in [0.29, 0.717) is 6.54 Å². The summed E-state index contributed by atoms with van der Waals surface area (Å²) in [4.78, 5) is 4.51. The predicted octanol–water partition coefficient (Wildman–Crippen LogP) is 3.19. The molecule has 92 valence electrons. The van der Waals surface area contributed by atoms with Gasteiger partial charge in [-0.2, -0.15) is 0 Å². The SMILES string of the molecule is CCC1(C)CSC(=NCc2ccc(F)cc2)N1. The number of aliphatic imine (C=N–C) groups is 1. The van der Waals surface area contributed by atoms with E-state index in [2.05, 4.69) is 24.2 Å². The first-order chi connectivity index (χ1) is 8.11. The fraction of sp³-hybridized carbons (Fsp3) is 0.462. The molecule has 0 saturated carbocycles. The van der Waals surface area contributed by atoms with E-state index in [1.807, 2.05) is 0 Å². The molecule has 2 nitrogen and oxygen atoms in total. The highest BCUT2D eigenvalue weighted by molar-refractivity contribution is 8.14. The second-order valence-electron chi connectivity index (χ2n) is 4.58. The Morgan fingerprint density at radius 3 is 2.71 bits per heavy atom. The van der Waals surface area contributed by atoms with Crippen molar-refractivity contribution in [1.82, 2.24) is 5.32 Å². The Bertz CT molecular complexity index is 416. The van der Waals surface area contributed by atoms with E-state index < -0.39 is 0 Å². The first-order valence-electron chi connectivity index (χ1n) is 5.81. The maximum Gasteiger partial charge on any atom is 0.157 e. The van der Waals surface area contributed by atoms with Crippen molar-refractivity contribution in [3.63, 3.8) is 0 Å². The summed E-state index contributed by atoms with van der Waals surface area (Å²) in [5.41, 5.74) is 1.21. The highest BCUT2D eigenvalue weighted by atomic mass is 32.2. The molecule has 0 aliphatic carbocycles. The molecule has 1 aromatic rings. The molecule has 0 spiro atoms. The molecule has 0 radical (unpaired) electrons. The number of thioether (sulfide) groups is 1. The Hall–Kier alpha value is -1.03. The summed E-state index contributed by atoms with van der Waals surface area (Å²) < 4.78 is 12.7. The molecular formula is C13H17FN2S. The highest BCUT2D eigenvalue weighted by Gasteiger charge is 2.30. The molecule has 1 heterocycles. The molecule has 1 aromatic carbocycles. The maximum atomic E-state index is 12.7. The molecule has 1 fully saturated rings. The lowest BCUT2D eigenvalue weighted by atomic mass is 10.0. The zero-order valence-electron chi connectivity index (χ0n) is 10.2. The van der Waals surface area contributed by atoms with Gasteiger partial charge >= 0.3 is 0 Å². The average Bonchev–Trinajstić information content (AvgIpc) is 2.72. The van der Waals surface area contributed by atoms with E-state index in [9.17, 15) is 4.39 Å². The second kappa shape index (κ2) is 5.08. The minimum atomic E-state index is -0.201. The summed E-state index contributed by atoms with van der Waals surface area (Å²) in [5.74, 6) is 0.861. The highest BCUT2D eigenvalue weighted by Crippen LogP contribution is 2.25. The van der Waals surface area contributed by atoms with Crippen molar-refractivity contribution >= 4 is 16.9 Å². The normalized spacial score (nSPS) is 26.2. The molecule has 0 bridgehead atoms. The van der Waals surface area contributed by atoms with Gasteiger partial charge in [0.1, 0.15) is 5.82 Å². The molecular weight excluding hydrogens is 235 g/mol. The molecule has 0 aromatic heterocycles. The molecule has 1 aliphatic heterocycles. The van der Waals surface area contributed by atoms with Crippen molar-refractivity contribution in [3.8, 4) is 0 Å². The number of amidine groups is 1. The quantitative estimate of drug-likeness (QED) is 0.893. The number of rotatable bonds is 3. The maximum absolute atomic E-state index is 12.7. The van der Waals surface area contributed by atoms with Gasteiger partial charge in [-0.1, -0.05) is 30.8 Å². The first-order valence-corrected chi connectivity index (χ1v) is 6.80. The van der Waals surface area contributed by atoms with E-state index in [-0.39, 0.29) is 11.4 Å². The standard InChI is InChI=1S/C13H17FN2S/c1-3-13(2)9-17-12(16-13)15-8-10-4-6-11(14)7-5-10/h4-7H,3,8-9H2,1-2H3,(H,15,16). The third-order valence-electron chi connectivity index (χ3n) is 3.03. The van der Waals surface area contributed by atoms with Crippen molar-refractivity contribution in [3.05, 3.63) is 35.6 Å². The van der Waals surface area contributed by atoms with Crippen LogP contribution in [0.3, 0.4) is 0 Å². The van der Waals surface area contributed by atoms with Crippen molar-refractivity contribution in [2.75, 3.05) is 5.75 Å². The van der Waals surface area contributed by atoms with Gasteiger partial charge in [0.05, 0.1) is 6.54 Å². The van der Waals surface area contributed by atoms with E-state index in [4.69, 9.17) is 0 Å². The first kappa shape index (κ1) is 12.4. The molecule has 1 aliphatic rings. The smallest absolute Gasteiger partial charge is 0.157 e. The van der Waals surface area contributed by atoms with Gasteiger partial charge < -0.3 is 5.32 Å². The molecule has 1 N–H and O–H groups in total. The van der Waals surface area contributed by atoms with Gasteiger partial charge in [-0.3, -0.25) is 4.99 Å². The van der Waals surface area contributed by atoms with Crippen LogP contribution in [-0.2, 0) is 6.54 Å². The van der Waals surface area contributed by atoms with Crippen molar-refractivity contribution in [2.24, 2.45) is 4.99 Å². The molecule has 0 amide bonds. The molecule has 1 unspecified atom stereocenters. The van der Waals surface area contributed by atoms with Crippen LogP contribution in [0.1, 0.15) is 25.8 Å². The summed E-state index contributed by atoms with van der Waals surface area (Å²) in [7, 11) is 0. The fourth-order valence-corrected chi connectivity index (χ4v) is 2.79. The van der Waals surface area contributed by atoms with Crippen LogP contribution in [0.2, 0.25) is 0 Å². The number of nitrogens with zero attached hydrogens (tertiary/aromatic N) is 1. The topological polar surface area (TPSA) is 24.4 Å². The minimum Gasteiger partial charge on any atom is -0.359 e. The average molecular weight is 252 g/mol. The van der Waals surface area contributed by atoms with Gasteiger partial charge in [0, 0.05) is 11.3 Å². The zero-order chi connectivity index (χ0) is 12.3. The van der Waals surface area contributed by atoms with Crippen LogP contribution in [0.5, 0.6) is 0 Å². The van der Waals surface area contributed by atoms with Gasteiger partial charge in [0.15, 0.2) is 5.17 Å². The van der Waals surface area contributed by atoms with Crippen molar-refractivity contribution < 1.29 is 4.39 Å². The lowest BCUT2D eigenvalue weighted by Crippen LogP contribution is -2.39. The van der Waals surface area contributed by atoms with Gasteiger partial charge in [0.2, 0.25) is 0 Å².